The van der Waals surface area contributed by atoms with Crippen LogP contribution in [0, 0.1) is 0 Å². The summed E-state index contributed by atoms with van der Waals surface area (Å²) in [5.41, 5.74) is 7.00. The van der Waals surface area contributed by atoms with E-state index in [-0.39, 0.29) is 0 Å². The standard InChI is InChI=1S/C13H24N2OS/c1-3-11-6-8-17-13(11)9-15-12(10-16-2)5-4-7-14/h6,8,12,15H,3-5,7,9-10,14H2,1-2H3. The van der Waals surface area contributed by atoms with Gasteiger partial charge in [-0.3, -0.25) is 0 Å². The molecule has 0 saturated carbocycles. The molecule has 0 saturated heterocycles. The summed E-state index contributed by atoms with van der Waals surface area (Å²) in [5, 5.41) is 5.73. The molecule has 0 aliphatic carbocycles. The summed E-state index contributed by atoms with van der Waals surface area (Å²) in [7, 11) is 1.75. The Balaban J connectivity index is 2.39. The number of ether oxygens (including phenoxy) is 1. The third-order valence-electron chi connectivity index (χ3n) is 2.89. The molecule has 1 heterocycles. The maximum absolute atomic E-state index is 5.54. The van der Waals surface area contributed by atoms with Crippen molar-refractivity contribution in [2.45, 2.75) is 38.8 Å². The van der Waals surface area contributed by atoms with Gasteiger partial charge in [-0.15, -0.1) is 11.3 Å². The summed E-state index contributed by atoms with van der Waals surface area (Å²) in [6.07, 6.45) is 3.24. The van der Waals surface area contributed by atoms with E-state index < -0.39 is 0 Å². The van der Waals surface area contributed by atoms with Gasteiger partial charge in [-0.25, -0.2) is 0 Å². The van der Waals surface area contributed by atoms with Gasteiger partial charge in [0.1, 0.15) is 0 Å². The van der Waals surface area contributed by atoms with Gasteiger partial charge in [0.15, 0.2) is 0 Å². The lowest BCUT2D eigenvalue weighted by Crippen LogP contribution is -2.33. The van der Waals surface area contributed by atoms with E-state index in [9.17, 15) is 0 Å². The highest BCUT2D eigenvalue weighted by molar-refractivity contribution is 7.10. The Morgan fingerprint density at radius 1 is 1.53 bits per heavy atom. The van der Waals surface area contributed by atoms with E-state index in [2.05, 4.69) is 23.7 Å². The van der Waals surface area contributed by atoms with Crippen LogP contribution in [0.15, 0.2) is 11.4 Å². The Kier molecular flexibility index (Phi) is 7.44. The number of methoxy groups -OCH3 is 1. The van der Waals surface area contributed by atoms with Crippen molar-refractivity contribution in [3.05, 3.63) is 21.9 Å². The van der Waals surface area contributed by atoms with Crippen molar-refractivity contribution >= 4 is 11.3 Å². The molecule has 0 amide bonds. The minimum absolute atomic E-state index is 0.412. The molecule has 1 rings (SSSR count). The SMILES string of the molecule is CCc1ccsc1CNC(CCCN)COC. The second kappa shape index (κ2) is 8.64. The first-order valence-electron chi connectivity index (χ1n) is 6.29. The van der Waals surface area contributed by atoms with Crippen LogP contribution in [-0.4, -0.2) is 26.3 Å². The molecular formula is C13H24N2OS. The maximum atomic E-state index is 5.54. The van der Waals surface area contributed by atoms with Crippen LogP contribution in [-0.2, 0) is 17.7 Å². The summed E-state index contributed by atoms with van der Waals surface area (Å²) in [6, 6.07) is 2.63. The second-order valence-electron chi connectivity index (χ2n) is 4.19. The molecule has 0 aliphatic rings. The predicted octanol–water partition coefficient (Wildman–Crippen LogP) is 2.15. The minimum Gasteiger partial charge on any atom is -0.383 e. The quantitative estimate of drug-likeness (QED) is 0.712. The number of rotatable bonds is 9. The van der Waals surface area contributed by atoms with E-state index in [0.717, 1.165) is 39.0 Å². The lowest BCUT2D eigenvalue weighted by atomic mass is 10.1. The summed E-state index contributed by atoms with van der Waals surface area (Å²) < 4.78 is 5.23. The molecular weight excluding hydrogens is 232 g/mol. The normalized spacial score (nSPS) is 12.9. The van der Waals surface area contributed by atoms with Crippen LogP contribution in [0.5, 0.6) is 0 Å². The Bertz CT molecular complexity index is 301. The zero-order valence-corrected chi connectivity index (χ0v) is 11.7. The first-order chi connectivity index (χ1) is 8.31. The van der Waals surface area contributed by atoms with Crippen LogP contribution in [0.25, 0.3) is 0 Å². The molecule has 4 heteroatoms. The highest BCUT2D eigenvalue weighted by Crippen LogP contribution is 2.17. The van der Waals surface area contributed by atoms with Gasteiger partial charge in [0.2, 0.25) is 0 Å². The van der Waals surface area contributed by atoms with Crippen molar-refractivity contribution in [2.75, 3.05) is 20.3 Å². The average molecular weight is 256 g/mol. The van der Waals surface area contributed by atoms with Crippen LogP contribution in [0.2, 0.25) is 0 Å². The Hall–Kier alpha value is -0.420. The van der Waals surface area contributed by atoms with Crippen LogP contribution in [0.3, 0.4) is 0 Å². The zero-order valence-electron chi connectivity index (χ0n) is 10.9. The van der Waals surface area contributed by atoms with Crippen molar-refractivity contribution in [1.82, 2.24) is 5.32 Å². The van der Waals surface area contributed by atoms with Gasteiger partial charge in [-0.1, -0.05) is 6.92 Å². The van der Waals surface area contributed by atoms with Crippen molar-refractivity contribution in [3.63, 3.8) is 0 Å². The van der Waals surface area contributed by atoms with Gasteiger partial charge < -0.3 is 15.8 Å². The summed E-state index contributed by atoms with van der Waals surface area (Å²) in [5.74, 6) is 0. The highest BCUT2D eigenvalue weighted by Gasteiger charge is 2.09. The smallest absolute Gasteiger partial charge is 0.0615 e. The molecule has 1 aromatic heterocycles. The number of thiophene rings is 1. The molecule has 1 unspecified atom stereocenters. The van der Waals surface area contributed by atoms with E-state index in [4.69, 9.17) is 10.5 Å². The molecule has 3 nitrogen and oxygen atoms in total. The molecule has 1 aromatic rings. The summed E-state index contributed by atoms with van der Waals surface area (Å²) in [6.45, 7) is 4.65. The van der Waals surface area contributed by atoms with Gasteiger partial charge in [-0.05, 0) is 42.8 Å². The largest absolute Gasteiger partial charge is 0.383 e. The summed E-state index contributed by atoms with van der Waals surface area (Å²) in [4.78, 5) is 1.45. The van der Waals surface area contributed by atoms with E-state index in [1.54, 1.807) is 7.11 Å². The van der Waals surface area contributed by atoms with Gasteiger partial charge in [0.25, 0.3) is 0 Å². The fourth-order valence-electron chi connectivity index (χ4n) is 1.88. The fourth-order valence-corrected chi connectivity index (χ4v) is 2.81. The molecule has 0 radical (unpaired) electrons. The Morgan fingerprint density at radius 3 is 3.00 bits per heavy atom. The number of nitrogens with one attached hydrogen (secondary N) is 1. The first-order valence-corrected chi connectivity index (χ1v) is 7.17. The van der Waals surface area contributed by atoms with E-state index in [0.29, 0.717) is 6.04 Å². The van der Waals surface area contributed by atoms with Crippen molar-refractivity contribution in [1.29, 1.82) is 0 Å². The Morgan fingerprint density at radius 2 is 2.35 bits per heavy atom. The number of hydrogen-bond acceptors (Lipinski definition) is 4. The molecule has 0 fully saturated rings. The number of hydrogen-bond donors (Lipinski definition) is 2. The van der Waals surface area contributed by atoms with E-state index in [1.807, 2.05) is 11.3 Å². The molecule has 0 aromatic carbocycles. The van der Waals surface area contributed by atoms with Gasteiger partial charge in [0, 0.05) is 24.6 Å². The number of aryl methyl sites for hydroxylation is 1. The van der Waals surface area contributed by atoms with Crippen molar-refractivity contribution in [3.8, 4) is 0 Å². The summed E-state index contributed by atoms with van der Waals surface area (Å²) >= 11 is 1.83. The topological polar surface area (TPSA) is 47.3 Å². The predicted molar refractivity (Wildman–Crippen MR) is 74.5 cm³/mol. The lowest BCUT2D eigenvalue weighted by molar-refractivity contribution is 0.161. The van der Waals surface area contributed by atoms with Gasteiger partial charge in [0.05, 0.1) is 6.61 Å². The second-order valence-corrected chi connectivity index (χ2v) is 5.19. The van der Waals surface area contributed by atoms with Crippen molar-refractivity contribution in [2.24, 2.45) is 5.73 Å². The zero-order chi connectivity index (χ0) is 12.5. The molecule has 17 heavy (non-hydrogen) atoms. The molecule has 0 bridgehead atoms. The molecule has 0 aliphatic heterocycles. The molecule has 1 atom stereocenters. The third kappa shape index (κ3) is 5.17. The van der Waals surface area contributed by atoms with E-state index in [1.165, 1.54) is 10.4 Å². The van der Waals surface area contributed by atoms with Crippen LogP contribution in [0.4, 0.5) is 0 Å². The molecule has 0 spiro atoms. The first kappa shape index (κ1) is 14.6. The molecule has 98 valence electrons. The van der Waals surface area contributed by atoms with E-state index >= 15 is 0 Å². The van der Waals surface area contributed by atoms with Crippen LogP contribution >= 0.6 is 11.3 Å². The maximum Gasteiger partial charge on any atom is 0.0615 e. The highest BCUT2D eigenvalue weighted by atomic mass is 32.1. The van der Waals surface area contributed by atoms with Crippen molar-refractivity contribution < 1.29 is 4.74 Å². The lowest BCUT2D eigenvalue weighted by Gasteiger charge is -2.17. The molecule has 3 N–H and O–H groups in total. The average Bonchev–Trinajstić information content (AvgIpc) is 2.80. The van der Waals surface area contributed by atoms with Gasteiger partial charge in [-0.2, -0.15) is 0 Å². The third-order valence-corrected chi connectivity index (χ3v) is 3.86. The minimum atomic E-state index is 0.412. The monoisotopic (exact) mass is 256 g/mol. The van der Waals surface area contributed by atoms with Crippen LogP contribution in [0.1, 0.15) is 30.2 Å². The Labute approximate surface area is 108 Å². The van der Waals surface area contributed by atoms with Crippen LogP contribution < -0.4 is 11.1 Å². The fraction of sp³-hybridized carbons (Fsp3) is 0.692. The van der Waals surface area contributed by atoms with Gasteiger partial charge >= 0.3 is 0 Å². The number of nitrogens with two attached hydrogens (primary N) is 1.